The van der Waals surface area contributed by atoms with Gasteiger partial charge < -0.3 is 15.1 Å². The van der Waals surface area contributed by atoms with E-state index in [0.717, 1.165) is 5.56 Å². The molecular weight excluding hydrogens is 357 g/mol. The Kier molecular flexibility index (Phi) is 5.73. The number of rotatable bonds is 3. The van der Waals surface area contributed by atoms with E-state index in [0.29, 0.717) is 36.9 Å². The minimum atomic E-state index is -0.318. The van der Waals surface area contributed by atoms with Crippen LogP contribution in [0, 0.1) is 5.82 Å². The molecule has 0 saturated carbocycles. The van der Waals surface area contributed by atoms with Gasteiger partial charge in [-0.2, -0.15) is 0 Å². The summed E-state index contributed by atoms with van der Waals surface area (Å²) in [5.41, 5.74) is 1.45. The third kappa shape index (κ3) is 4.73. The van der Waals surface area contributed by atoms with E-state index in [9.17, 15) is 14.0 Å². The largest absolute Gasteiger partial charge is 0.339 e. The summed E-state index contributed by atoms with van der Waals surface area (Å²) < 4.78 is 12.9. The number of piperazine rings is 1. The molecule has 136 valence electrons. The molecule has 2 aromatic carbocycles. The van der Waals surface area contributed by atoms with Gasteiger partial charge in [0.2, 0.25) is 5.91 Å². The summed E-state index contributed by atoms with van der Waals surface area (Å²) in [7, 11) is 0. The first-order valence-electron chi connectivity index (χ1n) is 8.35. The summed E-state index contributed by atoms with van der Waals surface area (Å²) >= 11 is 5.83. The van der Waals surface area contributed by atoms with Crippen molar-refractivity contribution in [3.05, 3.63) is 64.9 Å². The van der Waals surface area contributed by atoms with Gasteiger partial charge in [-0.05, 0) is 42.0 Å². The minimum absolute atomic E-state index is 0.0191. The fourth-order valence-electron chi connectivity index (χ4n) is 2.78. The van der Waals surface area contributed by atoms with Crippen molar-refractivity contribution < 1.29 is 14.0 Å². The van der Waals surface area contributed by atoms with E-state index < -0.39 is 0 Å². The molecule has 1 heterocycles. The Morgan fingerprint density at radius 1 is 0.923 bits per heavy atom. The summed E-state index contributed by atoms with van der Waals surface area (Å²) in [6, 6.07) is 12.6. The second-order valence-corrected chi connectivity index (χ2v) is 6.54. The lowest BCUT2D eigenvalue weighted by atomic mass is 10.1. The van der Waals surface area contributed by atoms with Crippen LogP contribution in [0.5, 0.6) is 0 Å². The maximum absolute atomic E-state index is 12.9. The van der Waals surface area contributed by atoms with E-state index in [-0.39, 0.29) is 24.2 Å². The van der Waals surface area contributed by atoms with Gasteiger partial charge in [0.05, 0.1) is 6.42 Å². The maximum Gasteiger partial charge on any atom is 0.321 e. The van der Waals surface area contributed by atoms with Gasteiger partial charge in [-0.25, -0.2) is 9.18 Å². The molecule has 7 heteroatoms. The summed E-state index contributed by atoms with van der Waals surface area (Å²) in [5.74, 6) is -0.337. The highest BCUT2D eigenvalue weighted by Gasteiger charge is 2.24. The highest BCUT2D eigenvalue weighted by atomic mass is 35.5. The standard InChI is InChI=1S/C19H19ClFN3O2/c20-15-3-7-17(8-4-15)22-19(26)24-11-9-23(10-12-24)18(25)13-14-1-5-16(21)6-2-14/h1-8H,9-13H2,(H,22,26). The molecule has 2 aromatic rings. The molecule has 1 N–H and O–H groups in total. The molecule has 3 rings (SSSR count). The Morgan fingerprint density at radius 3 is 2.12 bits per heavy atom. The van der Waals surface area contributed by atoms with E-state index in [1.165, 1.54) is 12.1 Å². The minimum Gasteiger partial charge on any atom is -0.339 e. The van der Waals surface area contributed by atoms with Gasteiger partial charge in [-0.15, -0.1) is 0 Å². The van der Waals surface area contributed by atoms with Crippen LogP contribution in [0.15, 0.2) is 48.5 Å². The van der Waals surface area contributed by atoms with Crippen LogP contribution in [-0.2, 0) is 11.2 Å². The van der Waals surface area contributed by atoms with E-state index in [4.69, 9.17) is 11.6 Å². The zero-order valence-electron chi connectivity index (χ0n) is 14.1. The third-order valence-electron chi connectivity index (χ3n) is 4.28. The van der Waals surface area contributed by atoms with Crippen LogP contribution >= 0.6 is 11.6 Å². The van der Waals surface area contributed by atoms with Crippen molar-refractivity contribution in [3.63, 3.8) is 0 Å². The summed E-state index contributed by atoms with van der Waals surface area (Å²) in [4.78, 5) is 28.1. The van der Waals surface area contributed by atoms with E-state index in [2.05, 4.69) is 5.32 Å². The second-order valence-electron chi connectivity index (χ2n) is 6.11. The first-order chi connectivity index (χ1) is 12.5. The summed E-state index contributed by atoms with van der Waals surface area (Å²) in [6.07, 6.45) is 0.233. The van der Waals surface area contributed by atoms with Gasteiger partial charge in [0.1, 0.15) is 5.82 Å². The number of nitrogens with one attached hydrogen (secondary N) is 1. The van der Waals surface area contributed by atoms with Crippen LogP contribution in [0.1, 0.15) is 5.56 Å². The number of hydrogen-bond donors (Lipinski definition) is 1. The van der Waals surface area contributed by atoms with Crippen molar-refractivity contribution in [2.24, 2.45) is 0 Å². The Morgan fingerprint density at radius 2 is 1.50 bits per heavy atom. The summed E-state index contributed by atoms with van der Waals surface area (Å²) in [6.45, 7) is 1.89. The van der Waals surface area contributed by atoms with Crippen LogP contribution in [0.25, 0.3) is 0 Å². The predicted octanol–water partition coefficient (Wildman–Crippen LogP) is 3.40. The maximum atomic E-state index is 12.9. The Labute approximate surface area is 156 Å². The molecule has 0 aromatic heterocycles. The number of carbonyl (C=O) groups excluding carboxylic acids is 2. The van der Waals surface area contributed by atoms with Crippen molar-refractivity contribution in [1.82, 2.24) is 9.80 Å². The lowest BCUT2D eigenvalue weighted by Gasteiger charge is -2.34. The number of urea groups is 1. The van der Waals surface area contributed by atoms with E-state index >= 15 is 0 Å². The SMILES string of the molecule is O=C(Cc1ccc(F)cc1)N1CCN(C(=O)Nc2ccc(Cl)cc2)CC1. The van der Waals surface area contributed by atoms with Gasteiger partial charge in [0.15, 0.2) is 0 Å². The van der Waals surface area contributed by atoms with Gasteiger partial charge in [-0.1, -0.05) is 23.7 Å². The fourth-order valence-corrected chi connectivity index (χ4v) is 2.91. The number of benzene rings is 2. The molecule has 0 atom stereocenters. The average molecular weight is 376 g/mol. The van der Waals surface area contributed by atoms with Crippen LogP contribution in [0.3, 0.4) is 0 Å². The molecule has 5 nitrogen and oxygen atoms in total. The van der Waals surface area contributed by atoms with Crippen molar-refractivity contribution in [3.8, 4) is 0 Å². The molecule has 1 fully saturated rings. The molecule has 0 spiro atoms. The average Bonchev–Trinajstić information content (AvgIpc) is 2.65. The number of hydrogen-bond acceptors (Lipinski definition) is 2. The molecule has 3 amide bonds. The van der Waals surface area contributed by atoms with Gasteiger partial charge in [-0.3, -0.25) is 4.79 Å². The smallest absolute Gasteiger partial charge is 0.321 e. The molecule has 1 aliphatic rings. The number of halogens is 2. The predicted molar refractivity (Wildman–Crippen MR) is 98.7 cm³/mol. The molecule has 1 saturated heterocycles. The van der Waals surface area contributed by atoms with Gasteiger partial charge in [0, 0.05) is 36.9 Å². The lowest BCUT2D eigenvalue weighted by Crippen LogP contribution is -2.52. The zero-order valence-corrected chi connectivity index (χ0v) is 14.9. The molecule has 0 bridgehead atoms. The van der Waals surface area contributed by atoms with Crippen LogP contribution in [-0.4, -0.2) is 47.9 Å². The highest BCUT2D eigenvalue weighted by molar-refractivity contribution is 6.30. The van der Waals surface area contributed by atoms with Crippen molar-refractivity contribution >= 4 is 29.2 Å². The van der Waals surface area contributed by atoms with Crippen molar-refractivity contribution in [2.45, 2.75) is 6.42 Å². The number of nitrogens with zero attached hydrogens (tertiary/aromatic N) is 2. The van der Waals surface area contributed by atoms with E-state index in [1.807, 2.05) is 0 Å². The first kappa shape index (κ1) is 18.2. The van der Waals surface area contributed by atoms with Gasteiger partial charge >= 0.3 is 6.03 Å². The quantitative estimate of drug-likeness (QED) is 0.894. The van der Waals surface area contributed by atoms with Crippen molar-refractivity contribution in [2.75, 3.05) is 31.5 Å². The zero-order chi connectivity index (χ0) is 18.5. The number of anilines is 1. The van der Waals surface area contributed by atoms with Gasteiger partial charge in [0.25, 0.3) is 0 Å². The highest BCUT2D eigenvalue weighted by Crippen LogP contribution is 2.15. The molecular formula is C19H19ClFN3O2. The monoisotopic (exact) mass is 375 g/mol. The fraction of sp³-hybridized carbons (Fsp3) is 0.263. The number of carbonyl (C=O) groups is 2. The Hall–Kier alpha value is -2.60. The third-order valence-corrected chi connectivity index (χ3v) is 4.54. The number of amides is 3. The normalized spacial score (nSPS) is 14.2. The Bertz CT molecular complexity index is 705. The molecule has 0 radical (unpaired) electrons. The van der Waals surface area contributed by atoms with Crippen LogP contribution in [0.4, 0.5) is 14.9 Å². The lowest BCUT2D eigenvalue weighted by molar-refractivity contribution is -0.131. The first-order valence-corrected chi connectivity index (χ1v) is 8.73. The Balaban J connectivity index is 1.48. The summed E-state index contributed by atoms with van der Waals surface area (Å²) in [5, 5.41) is 3.43. The molecule has 1 aliphatic heterocycles. The molecule has 0 unspecified atom stereocenters. The van der Waals surface area contributed by atoms with Crippen molar-refractivity contribution in [1.29, 1.82) is 0 Å². The topological polar surface area (TPSA) is 52.7 Å². The second kappa shape index (κ2) is 8.19. The molecule has 0 aliphatic carbocycles. The molecule has 26 heavy (non-hydrogen) atoms. The van der Waals surface area contributed by atoms with Crippen LogP contribution < -0.4 is 5.32 Å². The van der Waals surface area contributed by atoms with Crippen LogP contribution in [0.2, 0.25) is 5.02 Å². The van der Waals surface area contributed by atoms with E-state index in [1.54, 1.807) is 46.2 Å².